The topological polar surface area (TPSA) is 39.2 Å². The molecule has 3 heterocycles. The normalized spacial score (nSPS) is 19.1. The number of benzene rings is 2. The largest absolute Gasteiger partial charge is 0.315 e. The van der Waals surface area contributed by atoms with E-state index in [4.69, 9.17) is 16.6 Å². The number of nitrogens with zero attached hydrogens (tertiary/aromatic N) is 4. The van der Waals surface area contributed by atoms with Gasteiger partial charge < -0.3 is 4.90 Å². The average molecular weight is 449 g/mol. The number of hydrogen-bond donors (Lipinski definition) is 0. The number of aliphatic imine (C=N–C) groups is 1. The van der Waals surface area contributed by atoms with Gasteiger partial charge in [-0.3, -0.25) is 19.6 Å². The Kier molecular flexibility index (Phi) is 6.03. The maximum absolute atomic E-state index is 13.7. The number of hydrogen-bond acceptors (Lipinski definition) is 4. The van der Waals surface area contributed by atoms with Gasteiger partial charge in [0.15, 0.2) is 0 Å². The van der Waals surface area contributed by atoms with Crippen molar-refractivity contribution in [1.82, 2.24) is 14.7 Å². The lowest BCUT2D eigenvalue weighted by molar-refractivity contribution is -0.125. The molecule has 0 fully saturated rings. The maximum atomic E-state index is 13.7. The molecule has 5 nitrogen and oxygen atoms in total. The second-order valence-electron chi connectivity index (χ2n) is 8.76. The van der Waals surface area contributed by atoms with Crippen molar-refractivity contribution in [3.05, 3.63) is 81.5 Å². The van der Waals surface area contributed by atoms with Gasteiger partial charge in [-0.2, -0.15) is 0 Å². The van der Waals surface area contributed by atoms with Crippen LogP contribution in [0.4, 0.5) is 0 Å². The number of guanidine groups is 1. The Bertz CT molecular complexity index is 1080. The van der Waals surface area contributed by atoms with Crippen LogP contribution in [-0.2, 0) is 24.3 Å². The van der Waals surface area contributed by atoms with E-state index in [9.17, 15) is 4.79 Å². The molecule has 0 N–H and O–H groups in total. The molecule has 166 valence electrons. The minimum atomic E-state index is 0.104. The van der Waals surface area contributed by atoms with Gasteiger partial charge in [0.05, 0.1) is 12.1 Å². The van der Waals surface area contributed by atoms with Crippen molar-refractivity contribution < 1.29 is 4.79 Å². The molecule has 3 aliphatic rings. The van der Waals surface area contributed by atoms with E-state index in [0.29, 0.717) is 13.1 Å². The summed E-state index contributed by atoms with van der Waals surface area (Å²) in [7, 11) is 0. The molecule has 0 aromatic heterocycles. The van der Waals surface area contributed by atoms with Crippen LogP contribution in [0.1, 0.15) is 36.5 Å². The summed E-state index contributed by atoms with van der Waals surface area (Å²) in [5.41, 5.74) is 5.72. The van der Waals surface area contributed by atoms with Crippen LogP contribution in [-0.4, -0.2) is 52.7 Å². The number of carbonyl (C=O) groups excluding carboxylic acids is 1. The quantitative estimate of drug-likeness (QED) is 0.677. The van der Waals surface area contributed by atoms with Gasteiger partial charge in [-0.25, -0.2) is 0 Å². The van der Waals surface area contributed by atoms with Crippen molar-refractivity contribution in [2.75, 3.05) is 26.2 Å². The predicted molar refractivity (Wildman–Crippen MR) is 128 cm³/mol. The molecule has 3 aliphatic heterocycles. The Labute approximate surface area is 195 Å². The van der Waals surface area contributed by atoms with Gasteiger partial charge in [0.2, 0.25) is 5.96 Å². The molecule has 5 rings (SSSR count). The van der Waals surface area contributed by atoms with Gasteiger partial charge in [0, 0.05) is 49.9 Å². The molecular weight excluding hydrogens is 420 g/mol. The number of halogens is 1. The van der Waals surface area contributed by atoms with E-state index >= 15 is 0 Å². The molecule has 0 saturated heterocycles. The van der Waals surface area contributed by atoms with Crippen LogP contribution in [0.3, 0.4) is 0 Å². The first kappa shape index (κ1) is 21.2. The Morgan fingerprint density at radius 3 is 2.59 bits per heavy atom. The van der Waals surface area contributed by atoms with Gasteiger partial charge in [-0.05, 0) is 41.7 Å². The molecule has 0 saturated carbocycles. The highest BCUT2D eigenvalue weighted by Crippen LogP contribution is 2.32. The van der Waals surface area contributed by atoms with E-state index < -0.39 is 0 Å². The molecule has 32 heavy (non-hydrogen) atoms. The minimum Gasteiger partial charge on any atom is -0.315 e. The van der Waals surface area contributed by atoms with Crippen molar-refractivity contribution in [2.24, 2.45) is 4.99 Å². The first-order valence-electron chi connectivity index (χ1n) is 11.5. The molecule has 1 amide bonds. The molecule has 2 aromatic carbocycles. The predicted octanol–water partition coefficient (Wildman–Crippen LogP) is 4.47. The molecule has 0 radical (unpaired) electrons. The first-order valence-corrected chi connectivity index (χ1v) is 11.9. The van der Waals surface area contributed by atoms with Crippen LogP contribution in [0, 0.1) is 0 Å². The van der Waals surface area contributed by atoms with E-state index in [2.05, 4.69) is 47.1 Å². The third kappa shape index (κ3) is 4.19. The summed E-state index contributed by atoms with van der Waals surface area (Å²) >= 11 is 6.18. The fourth-order valence-electron chi connectivity index (χ4n) is 4.87. The highest BCUT2D eigenvalue weighted by Gasteiger charge is 2.40. The Hall–Kier alpha value is -2.63. The van der Waals surface area contributed by atoms with Gasteiger partial charge in [0.1, 0.15) is 0 Å². The Morgan fingerprint density at radius 1 is 1.00 bits per heavy atom. The Morgan fingerprint density at radius 2 is 1.81 bits per heavy atom. The van der Waals surface area contributed by atoms with E-state index in [1.165, 1.54) is 16.8 Å². The fourth-order valence-corrected chi connectivity index (χ4v) is 5.08. The summed E-state index contributed by atoms with van der Waals surface area (Å²) in [6.45, 7) is 6.83. The zero-order chi connectivity index (χ0) is 22.1. The molecule has 0 spiro atoms. The summed E-state index contributed by atoms with van der Waals surface area (Å²) < 4.78 is 0. The van der Waals surface area contributed by atoms with Gasteiger partial charge in [-0.1, -0.05) is 54.9 Å². The second kappa shape index (κ2) is 9.08. The van der Waals surface area contributed by atoms with Crippen LogP contribution in [0.5, 0.6) is 0 Å². The Balaban J connectivity index is 1.40. The van der Waals surface area contributed by atoms with Crippen LogP contribution >= 0.6 is 11.6 Å². The summed E-state index contributed by atoms with van der Waals surface area (Å²) in [6.07, 6.45) is 2.92. The van der Waals surface area contributed by atoms with Gasteiger partial charge >= 0.3 is 0 Å². The molecular formula is C26H29ClN4O. The average Bonchev–Trinajstić information content (AvgIpc) is 2.82. The van der Waals surface area contributed by atoms with Crippen molar-refractivity contribution >= 4 is 23.5 Å². The molecule has 0 bridgehead atoms. The highest BCUT2D eigenvalue weighted by atomic mass is 35.5. The number of rotatable bonds is 5. The van der Waals surface area contributed by atoms with E-state index in [1.54, 1.807) is 0 Å². The maximum Gasteiger partial charge on any atom is 0.259 e. The van der Waals surface area contributed by atoms with E-state index in [0.717, 1.165) is 67.6 Å². The van der Waals surface area contributed by atoms with Gasteiger partial charge in [-0.15, -0.1) is 0 Å². The van der Waals surface area contributed by atoms with Crippen LogP contribution in [0.15, 0.2) is 64.8 Å². The number of carbonyl (C=O) groups is 1. The fraction of sp³-hybridized carbons (Fsp3) is 0.385. The van der Waals surface area contributed by atoms with Crippen molar-refractivity contribution in [3.8, 4) is 0 Å². The van der Waals surface area contributed by atoms with Crippen molar-refractivity contribution in [2.45, 2.75) is 39.3 Å². The van der Waals surface area contributed by atoms with Crippen molar-refractivity contribution in [1.29, 1.82) is 0 Å². The lowest BCUT2D eigenvalue weighted by atomic mass is 9.99. The summed E-state index contributed by atoms with van der Waals surface area (Å²) in [5, 5.41) is 0.752. The van der Waals surface area contributed by atoms with E-state index in [1.807, 2.05) is 23.1 Å². The zero-order valence-electron chi connectivity index (χ0n) is 18.6. The first-order chi connectivity index (χ1) is 15.6. The van der Waals surface area contributed by atoms with Crippen LogP contribution in [0.2, 0.25) is 5.02 Å². The number of fused-ring (bicyclic) bond motifs is 2. The SMILES string of the molecule is CCc1ccc(CN2C(=O)C3=C(CCN(Cc4cccc(Cl)c4)C3)N3CCCN=C23)cc1. The third-order valence-corrected chi connectivity index (χ3v) is 6.80. The third-order valence-electron chi connectivity index (χ3n) is 6.57. The van der Waals surface area contributed by atoms with E-state index in [-0.39, 0.29) is 5.91 Å². The highest BCUT2D eigenvalue weighted by molar-refractivity contribution is 6.30. The second-order valence-corrected chi connectivity index (χ2v) is 9.20. The molecule has 0 atom stereocenters. The molecule has 2 aromatic rings. The summed E-state index contributed by atoms with van der Waals surface area (Å²) in [4.78, 5) is 25.0. The monoisotopic (exact) mass is 448 g/mol. The van der Waals surface area contributed by atoms with Crippen LogP contribution < -0.4 is 0 Å². The van der Waals surface area contributed by atoms with Crippen molar-refractivity contribution in [3.63, 3.8) is 0 Å². The zero-order valence-corrected chi connectivity index (χ0v) is 19.3. The molecule has 0 aliphatic carbocycles. The van der Waals surface area contributed by atoms with Gasteiger partial charge in [0.25, 0.3) is 5.91 Å². The standard InChI is InChI=1S/C26H29ClN4O/c1-2-19-7-9-20(10-8-19)17-31-25(32)23-18-29(16-21-5-3-6-22(27)15-21)14-11-24(23)30-13-4-12-28-26(30)31/h3,5-10,15H,2,4,11-14,16-18H2,1H3. The van der Waals surface area contributed by atoms with Crippen LogP contribution in [0.25, 0.3) is 0 Å². The summed E-state index contributed by atoms with van der Waals surface area (Å²) in [5.74, 6) is 0.940. The lowest BCUT2D eigenvalue weighted by Crippen LogP contribution is -2.56. The smallest absolute Gasteiger partial charge is 0.259 e. The minimum absolute atomic E-state index is 0.104. The molecule has 0 unspecified atom stereocenters. The molecule has 6 heteroatoms. The number of aryl methyl sites for hydroxylation is 1. The lowest BCUT2D eigenvalue weighted by Gasteiger charge is -2.45. The summed E-state index contributed by atoms with van der Waals surface area (Å²) in [6, 6.07) is 16.6. The number of amides is 1.